The largest absolute Gasteiger partial charge is 0.378 e. The lowest BCUT2D eigenvalue weighted by Gasteiger charge is -2.33. The third-order valence-corrected chi connectivity index (χ3v) is 4.82. The summed E-state index contributed by atoms with van der Waals surface area (Å²) >= 11 is 0. The Labute approximate surface area is 125 Å². The van der Waals surface area contributed by atoms with E-state index in [-0.39, 0.29) is 23.9 Å². The molecule has 0 spiro atoms. The molecular formula is C15H25N3O3. The number of nitrogens with two attached hydrogens (primary N) is 1. The molecule has 6 heteroatoms. The second kappa shape index (κ2) is 6.32. The third-order valence-electron chi connectivity index (χ3n) is 4.82. The molecule has 21 heavy (non-hydrogen) atoms. The van der Waals surface area contributed by atoms with Crippen molar-refractivity contribution in [2.45, 2.75) is 44.2 Å². The summed E-state index contributed by atoms with van der Waals surface area (Å²) in [5, 5.41) is 0. The van der Waals surface area contributed by atoms with Gasteiger partial charge in [0.2, 0.25) is 11.8 Å². The number of rotatable bonds is 4. The van der Waals surface area contributed by atoms with Crippen LogP contribution < -0.4 is 5.73 Å². The van der Waals surface area contributed by atoms with Crippen LogP contribution in [0.5, 0.6) is 0 Å². The number of likely N-dealkylation sites (tertiary alicyclic amines) is 1. The molecule has 2 N–H and O–H groups in total. The van der Waals surface area contributed by atoms with Gasteiger partial charge in [-0.2, -0.15) is 0 Å². The van der Waals surface area contributed by atoms with Gasteiger partial charge in [0.1, 0.15) is 6.04 Å². The summed E-state index contributed by atoms with van der Waals surface area (Å²) in [6.45, 7) is 3.16. The molecule has 2 saturated heterocycles. The zero-order valence-corrected chi connectivity index (χ0v) is 12.5. The Morgan fingerprint density at radius 1 is 1.14 bits per heavy atom. The van der Waals surface area contributed by atoms with Crippen LogP contribution in [0.15, 0.2) is 0 Å². The van der Waals surface area contributed by atoms with E-state index in [4.69, 9.17) is 10.5 Å². The Morgan fingerprint density at radius 3 is 2.52 bits per heavy atom. The van der Waals surface area contributed by atoms with Crippen LogP contribution in [0.25, 0.3) is 0 Å². The Morgan fingerprint density at radius 2 is 1.86 bits per heavy atom. The van der Waals surface area contributed by atoms with Crippen LogP contribution >= 0.6 is 0 Å². The summed E-state index contributed by atoms with van der Waals surface area (Å²) < 4.78 is 5.28. The zero-order chi connectivity index (χ0) is 14.8. The number of carbonyl (C=O) groups excluding carboxylic acids is 2. The van der Waals surface area contributed by atoms with E-state index >= 15 is 0 Å². The molecule has 0 radical (unpaired) electrons. The van der Waals surface area contributed by atoms with E-state index in [1.54, 1.807) is 4.90 Å². The van der Waals surface area contributed by atoms with Crippen LogP contribution in [0.4, 0.5) is 0 Å². The Kier molecular flexibility index (Phi) is 4.45. The minimum absolute atomic E-state index is 0.0303. The molecule has 0 aromatic carbocycles. The fourth-order valence-corrected chi connectivity index (χ4v) is 3.33. The average molecular weight is 295 g/mol. The monoisotopic (exact) mass is 295 g/mol. The number of hydrogen-bond acceptors (Lipinski definition) is 4. The molecule has 1 saturated carbocycles. The lowest BCUT2D eigenvalue weighted by atomic mass is 10.1. The molecule has 118 valence electrons. The summed E-state index contributed by atoms with van der Waals surface area (Å²) in [6, 6.07) is -0.306. The quantitative estimate of drug-likeness (QED) is 0.790. The molecule has 2 amide bonds. The van der Waals surface area contributed by atoms with Crippen LogP contribution in [0.3, 0.4) is 0 Å². The maximum atomic E-state index is 12.6. The molecule has 2 atom stereocenters. The highest BCUT2D eigenvalue weighted by atomic mass is 16.5. The molecule has 0 aromatic rings. The molecule has 1 aliphatic carbocycles. The highest BCUT2D eigenvalue weighted by Gasteiger charge is 2.38. The average Bonchev–Trinajstić information content (AvgIpc) is 3.24. The maximum absolute atomic E-state index is 12.6. The minimum Gasteiger partial charge on any atom is -0.378 e. The molecule has 3 rings (SSSR count). The van der Waals surface area contributed by atoms with Crippen molar-refractivity contribution < 1.29 is 14.3 Å². The van der Waals surface area contributed by atoms with Gasteiger partial charge in [-0.05, 0) is 31.6 Å². The van der Waals surface area contributed by atoms with Gasteiger partial charge in [0.15, 0.2) is 0 Å². The van der Waals surface area contributed by atoms with E-state index in [1.165, 1.54) is 0 Å². The Bertz CT molecular complexity index is 405. The first-order valence-electron chi connectivity index (χ1n) is 8.08. The van der Waals surface area contributed by atoms with Crippen LogP contribution in [-0.4, -0.2) is 66.5 Å². The summed E-state index contributed by atoms with van der Waals surface area (Å²) in [6.07, 6.45) is 4.36. The van der Waals surface area contributed by atoms with E-state index in [1.807, 2.05) is 4.90 Å². The van der Waals surface area contributed by atoms with Gasteiger partial charge in [0, 0.05) is 32.1 Å². The van der Waals surface area contributed by atoms with Crippen LogP contribution in [0, 0.1) is 5.92 Å². The molecular weight excluding hydrogens is 270 g/mol. The van der Waals surface area contributed by atoms with Gasteiger partial charge < -0.3 is 20.3 Å². The molecule has 2 aliphatic heterocycles. The number of carbonyl (C=O) groups is 2. The molecule has 3 fully saturated rings. The van der Waals surface area contributed by atoms with Gasteiger partial charge in [-0.1, -0.05) is 0 Å². The van der Waals surface area contributed by atoms with E-state index < -0.39 is 0 Å². The molecule has 3 aliphatic rings. The van der Waals surface area contributed by atoms with Crippen molar-refractivity contribution in [3.63, 3.8) is 0 Å². The van der Waals surface area contributed by atoms with Crippen molar-refractivity contribution in [2.75, 3.05) is 32.8 Å². The van der Waals surface area contributed by atoms with E-state index in [2.05, 4.69) is 0 Å². The third kappa shape index (κ3) is 3.37. The van der Waals surface area contributed by atoms with Gasteiger partial charge >= 0.3 is 0 Å². The van der Waals surface area contributed by atoms with Gasteiger partial charge in [0.25, 0.3) is 0 Å². The summed E-state index contributed by atoms with van der Waals surface area (Å²) in [5.74, 6) is 0.660. The van der Waals surface area contributed by atoms with Crippen molar-refractivity contribution in [3.05, 3.63) is 0 Å². The normalized spacial score (nSPS) is 27.8. The van der Waals surface area contributed by atoms with E-state index in [0.717, 1.165) is 25.7 Å². The van der Waals surface area contributed by atoms with Crippen molar-refractivity contribution in [1.29, 1.82) is 0 Å². The molecule has 6 nitrogen and oxygen atoms in total. The van der Waals surface area contributed by atoms with Gasteiger partial charge in [-0.25, -0.2) is 0 Å². The fourth-order valence-electron chi connectivity index (χ4n) is 3.33. The Hall–Kier alpha value is -1.14. The topological polar surface area (TPSA) is 75.9 Å². The van der Waals surface area contributed by atoms with Crippen molar-refractivity contribution in [2.24, 2.45) is 11.7 Å². The van der Waals surface area contributed by atoms with Crippen molar-refractivity contribution in [3.8, 4) is 0 Å². The van der Waals surface area contributed by atoms with Crippen LogP contribution in [0.1, 0.15) is 32.1 Å². The zero-order valence-electron chi connectivity index (χ0n) is 12.5. The maximum Gasteiger partial charge on any atom is 0.245 e. The lowest BCUT2D eigenvalue weighted by molar-refractivity contribution is -0.146. The van der Waals surface area contributed by atoms with Crippen molar-refractivity contribution >= 4 is 11.8 Å². The number of amides is 2. The first-order valence-corrected chi connectivity index (χ1v) is 8.08. The van der Waals surface area contributed by atoms with Crippen LogP contribution in [0.2, 0.25) is 0 Å². The van der Waals surface area contributed by atoms with E-state index in [0.29, 0.717) is 45.2 Å². The summed E-state index contributed by atoms with van der Waals surface area (Å²) in [5.41, 5.74) is 6.05. The second-order valence-corrected chi connectivity index (χ2v) is 6.39. The number of hydrogen-bond donors (Lipinski definition) is 1. The van der Waals surface area contributed by atoms with Crippen molar-refractivity contribution in [1.82, 2.24) is 9.80 Å². The molecule has 2 unspecified atom stereocenters. The van der Waals surface area contributed by atoms with Gasteiger partial charge in [-0.3, -0.25) is 9.59 Å². The number of morpholine rings is 1. The SMILES string of the molecule is NC(CC(=O)N1CCCC1C(=O)N1CCOCC1)C1CC1. The Balaban J connectivity index is 1.58. The number of ether oxygens (including phenoxy) is 1. The number of nitrogens with zero attached hydrogens (tertiary/aromatic N) is 2. The predicted molar refractivity (Wildman–Crippen MR) is 77.5 cm³/mol. The highest BCUT2D eigenvalue weighted by Crippen LogP contribution is 2.33. The van der Waals surface area contributed by atoms with Crippen LogP contribution in [-0.2, 0) is 14.3 Å². The van der Waals surface area contributed by atoms with Gasteiger partial charge in [-0.15, -0.1) is 0 Å². The molecule has 0 aromatic heterocycles. The predicted octanol–water partition coefficient (Wildman–Crippen LogP) is -0.0364. The highest BCUT2D eigenvalue weighted by molar-refractivity contribution is 5.88. The van der Waals surface area contributed by atoms with E-state index in [9.17, 15) is 9.59 Å². The summed E-state index contributed by atoms with van der Waals surface area (Å²) in [7, 11) is 0. The first-order chi connectivity index (χ1) is 10.2. The van der Waals surface area contributed by atoms with Gasteiger partial charge in [0.05, 0.1) is 13.2 Å². The standard InChI is InChI=1S/C15H25N3O3/c16-12(11-3-4-11)10-14(19)18-5-1-2-13(18)15(20)17-6-8-21-9-7-17/h11-13H,1-10,16H2. The summed E-state index contributed by atoms with van der Waals surface area (Å²) in [4.78, 5) is 28.6. The lowest BCUT2D eigenvalue weighted by Crippen LogP contribution is -2.51. The molecule has 0 bridgehead atoms. The second-order valence-electron chi connectivity index (χ2n) is 6.39. The first kappa shape index (κ1) is 14.8. The molecule has 2 heterocycles. The minimum atomic E-state index is -0.276. The smallest absolute Gasteiger partial charge is 0.245 e. The fraction of sp³-hybridized carbons (Fsp3) is 0.867.